The molecule has 0 bridgehead atoms. The molecule has 1 aliphatic rings. The Kier molecular flexibility index (Phi) is 10.3. The Morgan fingerprint density at radius 3 is 2.70 bits per heavy atom. The average Bonchev–Trinajstić information content (AvgIpc) is 3.36. The van der Waals surface area contributed by atoms with Crippen molar-refractivity contribution >= 4 is 29.9 Å². The number of guanidine groups is 1. The molecule has 0 heterocycles. The van der Waals surface area contributed by atoms with Crippen molar-refractivity contribution in [2.75, 3.05) is 26.3 Å². The number of ether oxygens (including phenoxy) is 1. The van der Waals surface area contributed by atoms with Gasteiger partial charge in [0, 0.05) is 26.3 Å². The van der Waals surface area contributed by atoms with E-state index in [2.05, 4.69) is 53.7 Å². The van der Waals surface area contributed by atoms with E-state index in [1.165, 1.54) is 18.4 Å². The quantitative estimate of drug-likeness (QED) is 0.271. The maximum atomic E-state index is 5.64. The molecule has 1 atom stereocenters. The van der Waals surface area contributed by atoms with Crippen molar-refractivity contribution in [3.05, 3.63) is 35.9 Å². The molecule has 2 rings (SSSR count). The standard InChI is InChI=1S/C18H29N3O.HI/c1-3-19-18(20-12-7-13-22-14-16-10-11-16)21-15(2)17-8-5-4-6-9-17;/h4-6,8-9,15-16H,3,7,10-14H2,1-2H3,(H2,19,20,21);1H. The van der Waals surface area contributed by atoms with Crippen LogP contribution in [0.4, 0.5) is 0 Å². The molecule has 0 saturated heterocycles. The highest BCUT2D eigenvalue weighted by molar-refractivity contribution is 14.0. The molecule has 4 nitrogen and oxygen atoms in total. The Bertz CT molecular complexity index is 449. The molecule has 0 radical (unpaired) electrons. The zero-order valence-corrected chi connectivity index (χ0v) is 16.6. The van der Waals surface area contributed by atoms with Gasteiger partial charge < -0.3 is 15.4 Å². The van der Waals surface area contributed by atoms with E-state index in [9.17, 15) is 0 Å². The van der Waals surface area contributed by atoms with Crippen molar-refractivity contribution in [1.82, 2.24) is 10.6 Å². The molecule has 0 aromatic heterocycles. The Morgan fingerprint density at radius 2 is 2.04 bits per heavy atom. The second-order valence-electron chi connectivity index (χ2n) is 5.91. The van der Waals surface area contributed by atoms with Gasteiger partial charge in [-0.15, -0.1) is 24.0 Å². The largest absolute Gasteiger partial charge is 0.381 e. The SMILES string of the molecule is CCNC(=NCCCOCC1CC1)NC(C)c1ccccc1.I. The third-order valence-corrected chi connectivity index (χ3v) is 3.76. The first-order valence-electron chi connectivity index (χ1n) is 8.47. The molecule has 1 aromatic rings. The van der Waals surface area contributed by atoms with Crippen molar-refractivity contribution < 1.29 is 4.74 Å². The Morgan fingerprint density at radius 1 is 1.30 bits per heavy atom. The molecule has 1 aliphatic carbocycles. The van der Waals surface area contributed by atoms with Gasteiger partial charge in [0.2, 0.25) is 0 Å². The number of nitrogens with one attached hydrogen (secondary N) is 2. The second-order valence-corrected chi connectivity index (χ2v) is 5.91. The first kappa shape index (κ1) is 20.2. The highest BCUT2D eigenvalue weighted by Crippen LogP contribution is 2.28. The number of halogens is 1. The minimum Gasteiger partial charge on any atom is -0.381 e. The van der Waals surface area contributed by atoms with Gasteiger partial charge in [-0.3, -0.25) is 4.99 Å². The summed E-state index contributed by atoms with van der Waals surface area (Å²) in [6.45, 7) is 7.65. The Balaban J connectivity index is 0.00000264. The van der Waals surface area contributed by atoms with Crippen LogP contribution in [-0.2, 0) is 4.74 Å². The molecule has 2 N–H and O–H groups in total. The van der Waals surface area contributed by atoms with E-state index in [1.807, 2.05) is 6.07 Å². The first-order valence-corrected chi connectivity index (χ1v) is 8.47. The monoisotopic (exact) mass is 431 g/mol. The van der Waals surface area contributed by atoms with Gasteiger partial charge in [-0.25, -0.2) is 0 Å². The van der Waals surface area contributed by atoms with E-state index in [4.69, 9.17) is 4.74 Å². The highest BCUT2D eigenvalue weighted by Gasteiger charge is 2.20. The number of benzene rings is 1. The van der Waals surface area contributed by atoms with Gasteiger partial charge in [-0.05, 0) is 44.6 Å². The lowest BCUT2D eigenvalue weighted by molar-refractivity contribution is 0.123. The molecular weight excluding hydrogens is 401 g/mol. The number of hydrogen-bond donors (Lipinski definition) is 2. The molecule has 0 spiro atoms. The van der Waals surface area contributed by atoms with Crippen LogP contribution in [0.1, 0.15) is 44.7 Å². The molecule has 5 heteroatoms. The van der Waals surface area contributed by atoms with Crippen LogP contribution in [0.2, 0.25) is 0 Å². The van der Waals surface area contributed by atoms with E-state index in [0.29, 0.717) is 0 Å². The lowest BCUT2D eigenvalue weighted by atomic mass is 10.1. The minimum atomic E-state index is 0. The van der Waals surface area contributed by atoms with Crippen molar-refractivity contribution in [3.8, 4) is 0 Å². The fourth-order valence-electron chi connectivity index (χ4n) is 2.24. The van der Waals surface area contributed by atoms with Crippen molar-refractivity contribution in [2.24, 2.45) is 10.9 Å². The molecule has 0 aliphatic heterocycles. The molecular formula is C18H30IN3O. The van der Waals surface area contributed by atoms with Crippen LogP contribution in [0.5, 0.6) is 0 Å². The van der Waals surface area contributed by atoms with E-state index in [1.54, 1.807) is 0 Å². The van der Waals surface area contributed by atoms with Crippen LogP contribution in [0.3, 0.4) is 0 Å². The molecule has 130 valence electrons. The number of rotatable bonds is 9. The smallest absolute Gasteiger partial charge is 0.191 e. The molecule has 23 heavy (non-hydrogen) atoms. The fourth-order valence-corrected chi connectivity index (χ4v) is 2.24. The first-order chi connectivity index (χ1) is 10.8. The lowest BCUT2D eigenvalue weighted by Crippen LogP contribution is -2.38. The third kappa shape index (κ3) is 8.55. The number of hydrogen-bond acceptors (Lipinski definition) is 2. The van der Waals surface area contributed by atoms with Crippen molar-refractivity contribution in [1.29, 1.82) is 0 Å². The van der Waals surface area contributed by atoms with Crippen LogP contribution in [0, 0.1) is 5.92 Å². The lowest BCUT2D eigenvalue weighted by Gasteiger charge is -2.18. The minimum absolute atomic E-state index is 0. The summed E-state index contributed by atoms with van der Waals surface area (Å²) in [6.07, 6.45) is 3.68. The van der Waals surface area contributed by atoms with Crippen molar-refractivity contribution in [2.45, 2.75) is 39.2 Å². The predicted octanol–water partition coefficient (Wildman–Crippen LogP) is 3.74. The molecule has 1 saturated carbocycles. The van der Waals surface area contributed by atoms with Gasteiger partial charge in [-0.1, -0.05) is 30.3 Å². The maximum Gasteiger partial charge on any atom is 0.191 e. The molecule has 1 unspecified atom stereocenters. The topological polar surface area (TPSA) is 45.7 Å². The zero-order valence-electron chi connectivity index (χ0n) is 14.3. The highest BCUT2D eigenvalue weighted by atomic mass is 127. The van der Waals surface area contributed by atoms with Gasteiger partial charge >= 0.3 is 0 Å². The number of nitrogens with zero attached hydrogens (tertiary/aromatic N) is 1. The zero-order chi connectivity index (χ0) is 15.6. The normalized spacial score (nSPS) is 15.7. The van der Waals surface area contributed by atoms with Crippen LogP contribution in [0.15, 0.2) is 35.3 Å². The van der Waals surface area contributed by atoms with E-state index < -0.39 is 0 Å². The molecule has 0 amide bonds. The van der Waals surface area contributed by atoms with Crippen LogP contribution in [-0.4, -0.2) is 32.3 Å². The van der Waals surface area contributed by atoms with Gasteiger partial charge in [0.25, 0.3) is 0 Å². The molecule has 1 fully saturated rings. The van der Waals surface area contributed by atoms with Gasteiger partial charge in [0.15, 0.2) is 5.96 Å². The summed E-state index contributed by atoms with van der Waals surface area (Å²) in [5.41, 5.74) is 1.26. The summed E-state index contributed by atoms with van der Waals surface area (Å²) in [7, 11) is 0. The summed E-state index contributed by atoms with van der Waals surface area (Å²) in [5, 5.41) is 6.75. The van der Waals surface area contributed by atoms with E-state index >= 15 is 0 Å². The average molecular weight is 431 g/mol. The van der Waals surface area contributed by atoms with E-state index in [-0.39, 0.29) is 30.0 Å². The van der Waals surface area contributed by atoms with E-state index in [0.717, 1.165) is 44.6 Å². The fraction of sp³-hybridized carbons (Fsp3) is 0.611. The van der Waals surface area contributed by atoms with Gasteiger partial charge in [-0.2, -0.15) is 0 Å². The molecule has 1 aromatic carbocycles. The second kappa shape index (κ2) is 11.7. The summed E-state index contributed by atoms with van der Waals surface area (Å²) in [6, 6.07) is 10.7. The number of aliphatic imine (C=N–C) groups is 1. The van der Waals surface area contributed by atoms with Crippen LogP contribution < -0.4 is 10.6 Å². The Labute approximate surface area is 157 Å². The maximum absolute atomic E-state index is 5.64. The summed E-state index contributed by atoms with van der Waals surface area (Å²) < 4.78 is 5.64. The summed E-state index contributed by atoms with van der Waals surface area (Å²) in [4.78, 5) is 4.63. The van der Waals surface area contributed by atoms with Crippen LogP contribution >= 0.6 is 24.0 Å². The Hall–Kier alpha value is -0.820. The van der Waals surface area contributed by atoms with Gasteiger partial charge in [0.1, 0.15) is 0 Å². The van der Waals surface area contributed by atoms with Crippen LogP contribution in [0.25, 0.3) is 0 Å². The summed E-state index contributed by atoms with van der Waals surface area (Å²) >= 11 is 0. The summed E-state index contributed by atoms with van der Waals surface area (Å²) in [5.74, 6) is 1.72. The van der Waals surface area contributed by atoms with Crippen molar-refractivity contribution in [3.63, 3.8) is 0 Å². The third-order valence-electron chi connectivity index (χ3n) is 3.76. The van der Waals surface area contributed by atoms with Gasteiger partial charge in [0.05, 0.1) is 6.04 Å². The predicted molar refractivity (Wildman–Crippen MR) is 108 cm³/mol.